The van der Waals surface area contributed by atoms with Crippen LogP contribution in [0, 0.1) is 12.7 Å². The van der Waals surface area contributed by atoms with Gasteiger partial charge < -0.3 is 14.6 Å². The van der Waals surface area contributed by atoms with Gasteiger partial charge in [0.1, 0.15) is 11.6 Å². The van der Waals surface area contributed by atoms with Crippen LogP contribution in [0.4, 0.5) is 10.1 Å². The molecule has 0 aliphatic heterocycles. The Bertz CT molecular complexity index is 1240. The summed E-state index contributed by atoms with van der Waals surface area (Å²) >= 11 is 6.05. The van der Waals surface area contributed by atoms with E-state index >= 15 is 0 Å². The zero-order valence-corrected chi connectivity index (χ0v) is 16.2. The van der Waals surface area contributed by atoms with Gasteiger partial charge in [0.05, 0.1) is 35.1 Å². The molecule has 0 saturated heterocycles. The number of aromatic nitrogens is 2. The van der Waals surface area contributed by atoms with Crippen molar-refractivity contribution in [2.45, 2.75) is 6.92 Å². The Morgan fingerprint density at radius 1 is 1.21 bits per heavy atom. The van der Waals surface area contributed by atoms with Crippen molar-refractivity contribution in [1.82, 2.24) is 10.1 Å². The van der Waals surface area contributed by atoms with Crippen LogP contribution in [0.1, 0.15) is 16.1 Å². The van der Waals surface area contributed by atoms with Gasteiger partial charge in [0.15, 0.2) is 0 Å². The highest BCUT2D eigenvalue weighted by Crippen LogP contribution is 2.31. The summed E-state index contributed by atoms with van der Waals surface area (Å²) in [6, 6.07) is 12.6. The van der Waals surface area contributed by atoms with Crippen LogP contribution in [0.15, 0.2) is 53.1 Å². The predicted octanol–water partition coefficient (Wildman–Crippen LogP) is 5.25. The number of hydrogen-bond donors (Lipinski definition) is 1. The van der Waals surface area contributed by atoms with E-state index in [9.17, 15) is 9.18 Å². The molecule has 2 aromatic carbocycles. The van der Waals surface area contributed by atoms with Crippen LogP contribution in [0.3, 0.4) is 0 Å². The molecule has 4 aromatic rings. The number of methoxy groups -OCH3 is 1. The van der Waals surface area contributed by atoms with Gasteiger partial charge in [-0.15, -0.1) is 0 Å². The largest absolute Gasteiger partial charge is 0.495 e. The summed E-state index contributed by atoms with van der Waals surface area (Å²) in [6.07, 6.45) is 0. The molecule has 29 heavy (non-hydrogen) atoms. The van der Waals surface area contributed by atoms with Crippen LogP contribution >= 0.6 is 11.6 Å². The maximum atomic E-state index is 14.3. The van der Waals surface area contributed by atoms with Crippen molar-refractivity contribution in [1.29, 1.82) is 0 Å². The number of aryl methyl sites for hydroxylation is 1. The number of ether oxygens (including phenoxy) is 1. The number of nitrogens with one attached hydrogen (secondary N) is 1. The lowest BCUT2D eigenvalue weighted by Crippen LogP contribution is -2.14. The second kappa shape index (κ2) is 7.52. The first-order valence-corrected chi connectivity index (χ1v) is 9.02. The summed E-state index contributed by atoms with van der Waals surface area (Å²) in [5.74, 6) is -0.468. The minimum atomic E-state index is -0.460. The molecule has 0 aliphatic carbocycles. The van der Waals surface area contributed by atoms with Gasteiger partial charge in [-0.1, -0.05) is 28.9 Å². The highest BCUT2D eigenvalue weighted by Gasteiger charge is 2.21. The predicted molar refractivity (Wildman–Crippen MR) is 108 cm³/mol. The minimum absolute atomic E-state index is 0.145. The van der Waals surface area contributed by atoms with Gasteiger partial charge in [-0.3, -0.25) is 4.79 Å². The van der Waals surface area contributed by atoms with E-state index in [0.29, 0.717) is 27.5 Å². The number of carbonyl (C=O) groups is 1. The molecule has 0 atom stereocenters. The number of benzene rings is 2. The second-order valence-electron chi connectivity index (χ2n) is 6.28. The summed E-state index contributed by atoms with van der Waals surface area (Å²) in [6.45, 7) is 1.70. The van der Waals surface area contributed by atoms with Gasteiger partial charge in [0.25, 0.3) is 11.6 Å². The van der Waals surface area contributed by atoms with E-state index in [0.717, 1.165) is 0 Å². The number of carbonyl (C=O) groups excluding carboxylic acids is 1. The maximum Gasteiger partial charge on any atom is 0.259 e. The van der Waals surface area contributed by atoms with Crippen molar-refractivity contribution in [2.24, 2.45) is 0 Å². The van der Waals surface area contributed by atoms with Crippen molar-refractivity contribution in [2.75, 3.05) is 12.4 Å². The number of pyridine rings is 1. The lowest BCUT2D eigenvalue weighted by molar-refractivity contribution is 0.102. The Balaban J connectivity index is 1.84. The van der Waals surface area contributed by atoms with Crippen LogP contribution in [0.25, 0.3) is 22.4 Å². The van der Waals surface area contributed by atoms with Crippen LogP contribution < -0.4 is 10.1 Å². The maximum absolute atomic E-state index is 14.3. The average molecular weight is 412 g/mol. The topological polar surface area (TPSA) is 77.2 Å². The van der Waals surface area contributed by atoms with Crippen molar-refractivity contribution < 1.29 is 18.4 Å². The summed E-state index contributed by atoms with van der Waals surface area (Å²) in [5, 5.41) is 7.56. The van der Waals surface area contributed by atoms with Crippen LogP contribution in [-0.4, -0.2) is 23.2 Å². The van der Waals surface area contributed by atoms with Crippen molar-refractivity contribution in [3.8, 4) is 17.0 Å². The summed E-state index contributed by atoms with van der Waals surface area (Å²) < 4.78 is 24.8. The van der Waals surface area contributed by atoms with Crippen LogP contribution in [0.2, 0.25) is 5.02 Å². The number of rotatable bonds is 4. The van der Waals surface area contributed by atoms with Crippen molar-refractivity contribution in [3.63, 3.8) is 0 Å². The summed E-state index contributed by atoms with van der Waals surface area (Å²) in [5.41, 5.74) is 1.79. The molecule has 4 rings (SSSR count). The van der Waals surface area contributed by atoms with Crippen LogP contribution in [0.5, 0.6) is 5.75 Å². The fourth-order valence-electron chi connectivity index (χ4n) is 3.05. The van der Waals surface area contributed by atoms with Crippen LogP contribution in [-0.2, 0) is 0 Å². The third-order valence-electron chi connectivity index (χ3n) is 4.42. The molecule has 0 fully saturated rings. The zero-order chi connectivity index (χ0) is 20.5. The number of hydrogen-bond acceptors (Lipinski definition) is 5. The molecule has 2 heterocycles. The number of nitrogens with zero attached hydrogens (tertiary/aromatic N) is 2. The average Bonchev–Trinajstić information content (AvgIpc) is 3.09. The monoisotopic (exact) mass is 411 g/mol. The van der Waals surface area contributed by atoms with Crippen molar-refractivity contribution in [3.05, 3.63) is 70.6 Å². The Labute approximate surface area is 170 Å². The van der Waals surface area contributed by atoms with Gasteiger partial charge in [-0.25, -0.2) is 9.37 Å². The lowest BCUT2D eigenvalue weighted by Gasteiger charge is -2.12. The normalized spacial score (nSPS) is 10.9. The van der Waals surface area contributed by atoms with Gasteiger partial charge in [0.2, 0.25) is 0 Å². The number of fused-ring (bicyclic) bond motifs is 1. The first-order chi connectivity index (χ1) is 14.0. The van der Waals surface area contributed by atoms with E-state index in [1.54, 1.807) is 43.3 Å². The summed E-state index contributed by atoms with van der Waals surface area (Å²) in [4.78, 5) is 17.5. The molecule has 6 nitrogen and oxygen atoms in total. The Morgan fingerprint density at radius 3 is 2.76 bits per heavy atom. The molecule has 0 saturated carbocycles. The second-order valence-corrected chi connectivity index (χ2v) is 6.72. The Morgan fingerprint density at radius 2 is 2.00 bits per heavy atom. The molecule has 0 aliphatic rings. The molecule has 1 N–H and O–H groups in total. The Kier molecular flexibility index (Phi) is 4.90. The van der Waals surface area contributed by atoms with Gasteiger partial charge in [0, 0.05) is 10.6 Å². The molecule has 1 amide bonds. The standard InChI is InChI=1S/C21H15ClFN3O3/c1-11-19-14(20(27)24-17-9-12(22)7-8-18(17)28-2)10-16(25-21(19)29-26-11)13-5-3-4-6-15(13)23/h3-10H,1-2H3,(H,24,27). The minimum Gasteiger partial charge on any atom is -0.495 e. The lowest BCUT2D eigenvalue weighted by atomic mass is 10.0. The van der Waals surface area contributed by atoms with E-state index in [-0.39, 0.29) is 22.5 Å². The molecule has 0 radical (unpaired) electrons. The van der Waals surface area contributed by atoms with Crippen molar-refractivity contribution >= 4 is 34.3 Å². The van der Waals surface area contributed by atoms with E-state index in [4.69, 9.17) is 20.9 Å². The highest BCUT2D eigenvalue weighted by atomic mass is 35.5. The number of anilines is 1. The third-order valence-corrected chi connectivity index (χ3v) is 4.66. The molecular formula is C21H15ClFN3O3. The molecule has 2 aromatic heterocycles. The van der Waals surface area contributed by atoms with E-state index in [2.05, 4.69) is 15.5 Å². The third kappa shape index (κ3) is 3.52. The fraction of sp³-hybridized carbons (Fsp3) is 0.0952. The molecule has 0 spiro atoms. The zero-order valence-electron chi connectivity index (χ0n) is 15.5. The summed E-state index contributed by atoms with van der Waals surface area (Å²) in [7, 11) is 1.49. The first kappa shape index (κ1) is 18.9. The van der Waals surface area contributed by atoms with E-state index in [1.165, 1.54) is 19.2 Å². The van der Waals surface area contributed by atoms with E-state index in [1.807, 2.05) is 0 Å². The molecule has 0 bridgehead atoms. The number of halogens is 2. The van der Waals surface area contributed by atoms with Gasteiger partial charge >= 0.3 is 0 Å². The molecule has 146 valence electrons. The quantitative estimate of drug-likeness (QED) is 0.496. The first-order valence-electron chi connectivity index (χ1n) is 8.64. The Hall–Kier alpha value is -3.45. The number of amides is 1. The molecule has 0 unspecified atom stereocenters. The molecular weight excluding hydrogens is 397 g/mol. The van der Waals surface area contributed by atoms with Gasteiger partial charge in [-0.2, -0.15) is 0 Å². The SMILES string of the molecule is COc1ccc(Cl)cc1NC(=O)c1cc(-c2ccccc2F)nc2onc(C)c12. The fourth-order valence-corrected chi connectivity index (χ4v) is 3.22. The highest BCUT2D eigenvalue weighted by molar-refractivity contribution is 6.31. The molecule has 8 heteroatoms. The van der Waals surface area contributed by atoms with Gasteiger partial charge in [-0.05, 0) is 43.3 Å². The van der Waals surface area contributed by atoms with E-state index < -0.39 is 11.7 Å². The smallest absolute Gasteiger partial charge is 0.259 e.